The van der Waals surface area contributed by atoms with Crippen molar-refractivity contribution in [2.45, 2.75) is 12.2 Å². The van der Waals surface area contributed by atoms with E-state index >= 15 is 0 Å². The second-order valence-electron chi connectivity index (χ2n) is 5.57. The maximum atomic E-state index is 14.3. The van der Waals surface area contributed by atoms with Gasteiger partial charge in [0.25, 0.3) is 5.56 Å². The molecule has 2 rings (SSSR count). The number of carboxylic acids is 1. The van der Waals surface area contributed by atoms with E-state index in [1.54, 1.807) is 0 Å². The monoisotopic (exact) mass is 435 g/mol. The van der Waals surface area contributed by atoms with Gasteiger partial charge in [-0.3, -0.25) is 14.4 Å². The number of hydrogen-bond acceptors (Lipinski definition) is 5. The Kier molecular flexibility index (Phi) is 6.07. The first-order valence-electron chi connectivity index (χ1n) is 7.49. The van der Waals surface area contributed by atoms with E-state index in [0.717, 1.165) is 19.3 Å². The normalized spacial score (nSPS) is 12.9. The minimum Gasteiger partial charge on any atom is -0.479 e. The number of halogens is 5. The quantitative estimate of drug-likeness (QED) is 0.330. The van der Waals surface area contributed by atoms with Gasteiger partial charge in [0.05, 0.1) is 10.7 Å². The number of aldehydes is 1. The van der Waals surface area contributed by atoms with Crippen LogP contribution in [0.5, 0.6) is 0 Å². The molecule has 1 heterocycles. The lowest BCUT2D eigenvalue weighted by atomic mass is 10.2. The Morgan fingerprint density at radius 2 is 1.90 bits per heavy atom. The fraction of sp³-hybridized carbons (Fsp3) is 0.188. The van der Waals surface area contributed by atoms with Gasteiger partial charge in [0.2, 0.25) is 6.04 Å². The predicted octanol–water partition coefficient (Wildman–Crippen LogP) is 1.42. The van der Waals surface area contributed by atoms with Crippen molar-refractivity contribution in [3.63, 3.8) is 0 Å². The summed E-state index contributed by atoms with van der Waals surface area (Å²) in [7, 11) is 0.749. The van der Waals surface area contributed by atoms with Crippen LogP contribution in [0.2, 0.25) is 5.02 Å². The number of hydrogen-bond donors (Lipinski definition) is 1. The van der Waals surface area contributed by atoms with Gasteiger partial charge in [-0.05, 0) is 12.1 Å². The summed E-state index contributed by atoms with van der Waals surface area (Å²) >= 11 is 5.80. The number of aromatic nitrogens is 2. The number of rotatable bonds is 5. The Bertz CT molecular complexity index is 1140. The molecule has 0 saturated heterocycles. The molecule has 0 saturated carbocycles. The van der Waals surface area contributed by atoms with Crippen molar-refractivity contribution in [1.82, 2.24) is 9.13 Å². The van der Waals surface area contributed by atoms with Gasteiger partial charge in [0, 0.05) is 24.9 Å². The number of benzene rings is 1. The summed E-state index contributed by atoms with van der Waals surface area (Å²) in [5.41, 5.74) is -5.40. The average Bonchev–Trinajstić information content (AvgIpc) is 2.60. The van der Waals surface area contributed by atoms with Crippen molar-refractivity contribution in [2.75, 3.05) is 0 Å². The summed E-state index contributed by atoms with van der Waals surface area (Å²) in [6.07, 6.45) is -4.20. The fourth-order valence-corrected chi connectivity index (χ4v) is 2.46. The molecule has 1 unspecified atom stereocenters. The Hall–Kier alpha value is -3.28. The van der Waals surface area contributed by atoms with E-state index in [0.29, 0.717) is 6.07 Å². The Morgan fingerprint density at radius 3 is 2.41 bits per heavy atom. The molecule has 1 aromatic heterocycles. The Labute approximate surface area is 163 Å². The van der Waals surface area contributed by atoms with Crippen LogP contribution in [0.4, 0.5) is 17.6 Å². The van der Waals surface area contributed by atoms with Crippen LogP contribution in [-0.2, 0) is 22.8 Å². The standard InChI is InChI=1S/C16H10ClF4N3O5/c1-23-12(16(19,20)21)4-13(26)24(15(23)29)11-2-7(8(17)3-9(11)18)5-22-10(6-25)14(27)28/h2-6,10H,1H3,(H,27,28)/b22-5+. The van der Waals surface area contributed by atoms with Gasteiger partial charge in [-0.15, -0.1) is 0 Å². The number of aliphatic imine (C=N–C) groups is 1. The maximum absolute atomic E-state index is 14.3. The van der Waals surface area contributed by atoms with Crippen LogP contribution in [0, 0.1) is 5.82 Å². The van der Waals surface area contributed by atoms with Crippen LogP contribution in [0.1, 0.15) is 11.3 Å². The molecular weight excluding hydrogens is 426 g/mol. The van der Waals surface area contributed by atoms with Crippen LogP contribution in [-0.4, -0.2) is 38.8 Å². The van der Waals surface area contributed by atoms with Crippen molar-refractivity contribution < 1.29 is 32.3 Å². The van der Waals surface area contributed by atoms with Crippen LogP contribution < -0.4 is 11.2 Å². The van der Waals surface area contributed by atoms with Crippen molar-refractivity contribution in [1.29, 1.82) is 0 Å². The van der Waals surface area contributed by atoms with Gasteiger partial charge in [0.15, 0.2) is 6.29 Å². The highest BCUT2D eigenvalue weighted by Crippen LogP contribution is 2.27. The molecule has 29 heavy (non-hydrogen) atoms. The van der Waals surface area contributed by atoms with Gasteiger partial charge in [-0.1, -0.05) is 11.6 Å². The van der Waals surface area contributed by atoms with Gasteiger partial charge < -0.3 is 9.90 Å². The minimum absolute atomic E-state index is 0.00722. The summed E-state index contributed by atoms with van der Waals surface area (Å²) in [6, 6.07) is -0.212. The highest BCUT2D eigenvalue weighted by molar-refractivity contribution is 6.33. The zero-order chi connectivity index (χ0) is 22.1. The molecule has 0 aliphatic heterocycles. The molecule has 8 nitrogen and oxygen atoms in total. The first-order valence-corrected chi connectivity index (χ1v) is 7.87. The van der Waals surface area contributed by atoms with E-state index in [-0.39, 0.29) is 32.1 Å². The summed E-state index contributed by atoms with van der Waals surface area (Å²) in [5.74, 6) is -2.79. The second-order valence-corrected chi connectivity index (χ2v) is 5.97. The third-order valence-corrected chi connectivity index (χ3v) is 4.00. The van der Waals surface area contributed by atoms with Crippen molar-refractivity contribution in [3.05, 3.63) is 61.1 Å². The van der Waals surface area contributed by atoms with Crippen LogP contribution in [0.15, 0.2) is 32.8 Å². The molecular formula is C16H10ClF4N3O5. The SMILES string of the molecule is Cn1c(C(F)(F)F)cc(=O)n(-c2cc(/C=N/C(C=O)C(=O)O)c(Cl)cc2F)c1=O. The van der Waals surface area contributed by atoms with Crippen LogP contribution in [0.25, 0.3) is 5.69 Å². The van der Waals surface area contributed by atoms with E-state index in [2.05, 4.69) is 4.99 Å². The molecule has 1 N–H and O–H groups in total. The zero-order valence-electron chi connectivity index (χ0n) is 14.3. The van der Waals surface area contributed by atoms with Gasteiger partial charge in [-0.25, -0.2) is 18.5 Å². The van der Waals surface area contributed by atoms with Gasteiger partial charge in [0.1, 0.15) is 11.5 Å². The first-order chi connectivity index (χ1) is 13.4. The smallest absolute Gasteiger partial charge is 0.431 e. The Morgan fingerprint density at radius 1 is 1.28 bits per heavy atom. The molecule has 0 bridgehead atoms. The zero-order valence-corrected chi connectivity index (χ0v) is 15.0. The number of carbonyl (C=O) groups excluding carboxylic acids is 1. The third kappa shape index (κ3) is 4.42. The molecule has 1 aromatic carbocycles. The van der Waals surface area contributed by atoms with Gasteiger partial charge >= 0.3 is 17.8 Å². The maximum Gasteiger partial charge on any atom is 0.431 e. The minimum atomic E-state index is -5.00. The van der Waals surface area contributed by atoms with E-state index in [1.165, 1.54) is 0 Å². The number of aliphatic carboxylic acids is 1. The molecule has 1 atom stereocenters. The molecule has 0 amide bonds. The third-order valence-electron chi connectivity index (χ3n) is 3.67. The molecule has 0 radical (unpaired) electrons. The van der Waals surface area contributed by atoms with Crippen molar-refractivity contribution in [2.24, 2.45) is 12.0 Å². The van der Waals surface area contributed by atoms with Crippen molar-refractivity contribution in [3.8, 4) is 5.69 Å². The highest BCUT2D eigenvalue weighted by atomic mass is 35.5. The summed E-state index contributed by atoms with van der Waals surface area (Å²) in [6.45, 7) is 0. The second kappa shape index (κ2) is 7.99. The predicted molar refractivity (Wildman–Crippen MR) is 92.3 cm³/mol. The summed E-state index contributed by atoms with van der Waals surface area (Å²) < 4.78 is 53.4. The number of carboxylic acid groups (broad SMARTS) is 1. The number of carbonyl (C=O) groups is 2. The molecule has 0 aliphatic rings. The lowest BCUT2D eigenvalue weighted by molar-refractivity contribution is -0.144. The molecule has 0 aliphatic carbocycles. The van der Waals surface area contributed by atoms with Crippen LogP contribution in [0.3, 0.4) is 0 Å². The van der Waals surface area contributed by atoms with Crippen molar-refractivity contribution >= 4 is 30.1 Å². The molecule has 13 heteroatoms. The van der Waals surface area contributed by atoms with Gasteiger partial charge in [-0.2, -0.15) is 13.2 Å². The highest BCUT2D eigenvalue weighted by Gasteiger charge is 2.35. The number of nitrogens with zero attached hydrogens (tertiary/aromatic N) is 3. The first kappa shape index (κ1) is 22.0. The molecule has 2 aromatic rings. The van der Waals surface area contributed by atoms with E-state index in [1.807, 2.05) is 0 Å². The molecule has 154 valence electrons. The van der Waals surface area contributed by atoms with E-state index < -0.39 is 46.6 Å². The van der Waals surface area contributed by atoms with E-state index in [9.17, 15) is 36.7 Å². The lowest BCUT2D eigenvalue weighted by Crippen LogP contribution is -2.41. The van der Waals surface area contributed by atoms with E-state index in [4.69, 9.17) is 16.7 Å². The number of alkyl halides is 3. The fourth-order valence-electron chi connectivity index (χ4n) is 2.26. The largest absolute Gasteiger partial charge is 0.479 e. The Balaban J connectivity index is 2.71. The molecule has 0 spiro atoms. The lowest BCUT2D eigenvalue weighted by Gasteiger charge is -2.14. The summed E-state index contributed by atoms with van der Waals surface area (Å²) in [4.78, 5) is 49.3. The topological polar surface area (TPSA) is 111 Å². The average molecular weight is 436 g/mol. The van der Waals surface area contributed by atoms with Crippen LogP contribution >= 0.6 is 11.6 Å². The summed E-state index contributed by atoms with van der Waals surface area (Å²) in [5, 5.41) is 8.46. The molecule has 0 fully saturated rings.